The van der Waals surface area contributed by atoms with Gasteiger partial charge in [-0.3, -0.25) is 4.99 Å². The third-order valence-corrected chi connectivity index (χ3v) is 5.97. The Morgan fingerprint density at radius 3 is 2.48 bits per heavy atom. The van der Waals surface area contributed by atoms with Crippen LogP contribution in [-0.2, 0) is 10.0 Å². The van der Waals surface area contributed by atoms with E-state index in [1.807, 2.05) is 20.8 Å². The minimum absolute atomic E-state index is 0. The highest BCUT2D eigenvalue weighted by molar-refractivity contribution is 14.0. The summed E-state index contributed by atoms with van der Waals surface area (Å²) >= 11 is 0. The summed E-state index contributed by atoms with van der Waals surface area (Å²) in [6.07, 6.45) is 7.88. The van der Waals surface area contributed by atoms with Crippen molar-refractivity contribution in [3.8, 4) is 0 Å². The molecule has 2 fully saturated rings. The van der Waals surface area contributed by atoms with E-state index in [9.17, 15) is 8.42 Å². The second-order valence-electron chi connectivity index (χ2n) is 8.49. The van der Waals surface area contributed by atoms with Crippen LogP contribution in [0, 0.1) is 5.92 Å². The molecule has 1 atom stereocenters. The highest BCUT2D eigenvalue weighted by Gasteiger charge is 2.27. The van der Waals surface area contributed by atoms with E-state index in [2.05, 4.69) is 25.2 Å². The predicted octanol–water partition coefficient (Wildman–Crippen LogP) is 1.75. The van der Waals surface area contributed by atoms with Gasteiger partial charge in [0.2, 0.25) is 10.0 Å². The van der Waals surface area contributed by atoms with Crippen LogP contribution in [0.3, 0.4) is 0 Å². The highest BCUT2D eigenvalue weighted by atomic mass is 127. The molecule has 27 heavy (non-hydrogen) atoms. The fourth-order valence-corrected chi connectivity index (χ4v) is 5.07. The number of aliphatic imine (C=N–C) groups is 1. The average Bonchev–Trinajstić information content (AvgIpc) is 3.15. The van der Waals surface area contributed by atoms with Gasteiger partial charge < -0.3 is 15.5 Å². The largest absolute Gasteiger partial charge is 0.357 e. The van der Waals surface area contributed by atoms with E-state index in [0.29, 0.717) is 12.6 Å². The van der Waals surface area contributed by atoms with Crippen LogP contribution in [0.2, 0.25) is 0 Å². The van der Waals surface area contributed by atoms with E-state index < -0.39 is 15.6 Å². The number of guanidine groups is 1. The molecule has 2 aliphatic rings. The molecule has 2 rings (SSSR count). The summed E-state index contributed by atoms with van der Waals surface area (Å²) in [4.78, 5) is 7.19. The molecule has 0 radical (unpaired) electrons. The first kappa shape index (κ1) is 24.9. The first-order chi connectivity index (χ1) is 12.2. The molecule has 3 N–H and O–H groups in total. The van der Waals surface area contributed by atoms with E-state index in [-0.39, 0.29) is 24.0 Å². The molecule has 0 aromatic rings. The van der Waals surface area contributed by atoms with E-state index in [4.69, 9.17) is 0 Å². The monoisotopic (exact) mass is 515 g/mol. The van der Waals surface area contributed by atoms with Crippen LogP contribution in [0.25, 0.3) is 0 Å². The van der Waals surface area contributed by atoms with Crippen LogP contribution in [0.5, 0.6) is 0 Å². The van der Waals surface area contributed by atoms with Crippen molar-refractivity contribution in [3.63, 3.8) is 0 Å². The molecule has 0 bridgehead atoms. The van der Waals surface area contributed by atoms with Crippen LogP contribution in [-0.4, -0.2) is 69.8 Å². The molecule has 9 heteroatoms. The van der Waals surface area contributed by atoms with Gasteiger partial charge in [0.1, 0.15) is 0 Å². The third-order valence-electron chi connectivity index (χ3n) is 5.04. The molecule has 0 aromatic heterocycles. The molecular formula is C18H38IN5O2S. The smallest absolute Gasteiger partial charge is 0.209 e. The fourth-order valence-electron chi connectivity index (χ4n) is 4.00. The van der Waals surface area contributed by atoms with Crippen molar-refractivity contribution in [2.24, 2.45) is 10.9 Å². The molecule has 1 heterocycles. The molecule has 1 saturated heterocycles. The molecule has 0 amide bonds. The Morgan fingerprint density at radius 2 is 1.89 bits per heavy atom. The molecule has 1 aliphatic carbocycles. The summed E-state index contributed by atoms with van der Waals surface area (Å²) in [5, 5.41) is 6.80. The van der Waals surface area contributed by atoms with E-state index in [1.54, 1.807) is 0 Å². The Labute approximate surface area is 182 Å². The third kappa shape index (κ3) is 9.76. The van der Waals surface area contributed by atoms with Crippen LogP contribution < -0.4 is 15.4 Å². The van der Waals surface area contributed by atoms with E-state index in [0.717, 1.165) is 37.9 Å². The lowest BCUT2D eigenvalue weighted by Crippen LogP contribution is -2.48. The van der Waals surface area contributed by atoms with Crippen molar-refractivity contribution in [2.45, 2.75) is 64.5 Å². The molecule has 0 aromatic carbocycles. The van der Waals surface area contributed by atoms with Gasteiger partial charge in [-0.1, -0.05) is 12.8 Å². The highest BCUT2D eigenvalue weighted by Crippen LogP contribution is 2.26. The summed E-state index contributed by atoms with van der Waals surface area (Å²) in [7, 11) is -3.25. The van der Waals surface area contributed by atoms with Gasteiger partial charge in [0.25, 0.3) is 0 Å². The van der Waals surface area contributed by atoms with Gasteiger partial charge in [0.05, 0.1) is 12.8 Å². The Morgan fingerprint density at radius 1 is 1.22 bits per heavy atom. The topological polar surface area (TPSA) is 85.8 Å². The van der Waals surface area contributed by atoms with Gasteiger partial charge in [-0.05, 0) is 46.0 Å². The number of likely N-dealkylation sites (tertiary alicyclic amines) is 1. The molecule has 1 aliphatic heterocycles. The molecule has 160 valence electrons. The predicted molar refractivity (Wildman–Crippen MR) is 123 cm³/mol. The van der Waals surface area contributed by atoms with Crippen LogP contribution >= 0.6 is 24.0 Å². The minimum atomic E-state index is -3.25. The second kappa shape index (κ2) is 11.2. The van der Waals surface area contributed by atoms with Gasteiger partial charge in [-0.25, -0.2) is 13.1 Å². The number of sulfonamides is 1. The fraction of sp³-hybridized carbons (Fsp3) is 0.944. The van der Waals surface area contributed by atoms with Crippen molar-refractivity contribution in [1.29, 1.82) is 0 Å². The molecule has 1 unspecified atom stereocenters. The molecule has 7 nitrogen and oxygen atoms in total. The number of hydrogen-bond acceptors (Lipinski definition) is 4. The maximum atomic E-state index is 11.5. The molecular weight excluding hydrogens is 477 g/mol. The molecule has 1 saturated carbocycles. The standard InChI is InChI=1S/C18H37N5O2S.HI/c1-5-19-17(20-14-18(2,3)22-26(4,24)25)21-16-10-11-23(13-16)12-15-8-6-7-9-15;/h15-16,22H,5-14H2,1-4H3,(H2,19,20,21);1H. The summed E-state index contributed by atoms with van der Waals surface area (Å²) in [5.74, 6) is 1.65. The Bertz CT molecular complexity index is 576. The van der Waals surface area contributed by atoms with Crippen molar-refractivity contribution < 1.29 is 8.42 Å². The molecule has 0 spiro atoms. The summed E-state index contributed by atoms with van der Waals surface area (Å²) in [6.45, 7) is 10.3. The van der Waals surface area contributed by atoms with Crippen molar-refractivity contribution in [3.05, 3.63) is 0 Å². The Balaban J connectivity index is 0.00000364. The van der Waals surface area contributed by atoms with Crippen LogP contribution in [0.15, 0.2) is 4.99 Å². The zero-order valence-electron chi connectivity index (χ0n) is 17.3. The number of nitrogens with zero attached hydrogens (tertiary/aromatic N) is 2. The lowest BCUT2D eigenvalue weighted by Gasteiger charge is -2.24. The number of rotatable bonds is 8. The van der Waals surface area contributed by atoms with Gasteiger partial charge in [0.15, 0.2) is 5.96 Å². The van der Waals surface area contributed by atoms with Crippen molar-refractivity contribution in [2.75, 3.05) is 39.0 Å². The quantitative estimate of drug-likeness (QED) is 0.261. The SMILES string of the molecule is CCNC(=NCC(C)(C)NS(C)(=O)=O)NC1CCN(CC2CCCC2)C1.I. The summed E-state index contributed by atoms with van der Waals surface area (Å²) in [5.41, 5.74) is -0.611. The van der Waals surface area contributed by atoms with Gasteiger partial charge >= 0.3 is 0 Å². The average molecular weight is 516 g/mol. The van der Waals surface area contributed by atoms with Gasteiger partial charge in [0, 0.05) is 37.8 Å². The first-order valence-electron chi connectivity index (χ1n) is 9.93. The lowest BCUT2D eigenvalue weighted by atomic mass is 10.1. The second-order valence-corrected chi connectivity index (χ2v) is 10.2. The number of nitrogens with one attached hydrogen (secondary N) is 3. The Hall–Kier alpha value is -0.130. The van der Waals surface area contributed by atoms with E-state index >= 15 is 0 Å². The van der Waals surface area contributed by atoms with Crippen LogP contribution in [0.4, 0.5) is 0 Å². The van der Waals surface area contributed by atoms with Gasteiger partial charge in [-0.2, -0.15) is 0 Å². The van der Waals surface area contributed by atoms with E-state index in [1.165, 1.54) is 38.5 Å². The Kier molecular flexibility index (Phi) is 10.3. The number of hydrogen-bond donors (Lipinski definition) is 3. The van der Waals surface area contributed by atoms with Crippen molar-refractivity contribution in [1.82, 2.24) is 20.3 Å². The summed E-state index contributed by atoms with van der Waals surface area (Å²) in [6, 6.07) is 0.403. The maximum Gasteiger partial charge on any atom is 0.209 e. The zero-order valence-corrected chi connectivity index (χ0v) is 20.4. The van der Waals surface area contributed by atoms with Crippen molar-refractivity contribution >= 4 is 40.0 Å². The van der Waals surface area contributed by atoms with Crippen LogP contribution in [0.1, 0.15) is 52.9 Å². The first-order valence-corrected chi connectivity index (χ1v) is 11.8. The maximum absolute atomic E-state index is 11.5. The normalized spacial score (nSPS) is 22.7. The van der Waals surface area contributed by atoms with Gasteiger partial charge in [-0.15, -0.1) is 24.0 Å². The zero-order chi connectivity index (χ0) is 19.2. The lowest BCUT2D eigenvalue weighted by molar-refractivity contribution is 0.275. The number of halogens is 1. The summed E-state index contributed by atoms with van der Waals surface area (Å²) < 4.78 is 25.6. The minimum Gasteiger partial charge on any atom is -0.357 e.